The molecule has 0 unspecified atom stereocenters. The summed E-state index contributed by atoms with van der Waals surface area (Å²) in [5.41, 5.74) is 10.4. The van der Waals surface area contributed by atoms with E-state index in [4.69, 9.17) is 16.0 Å². The summed E-state index contributed by atoms with van der Waals surface area (Å²) in [4.78, 5) is 9.04. The number of nitrogen functional groups attached to an aromatic ring is 2. The van der Waals surface area contributed by atoms with Crippen LogP contribution in [-0.2, 0) is 10.1 Å². The minimum absolute atomic E-state index is 0. The van der Waals surface area contributed by atoms with E-state index in [2.05, 4.69) is 10.2 Å². The van der Waals surface area contributed by atoms with Crippen LogP contribution in [0.3, 0.4) is 0 Å². The Bertz CT molecular complexity index is 963. The number of nitro groups is 1. The third kappa shape index (κ3) is 4.87. The van der Waals surface area contributed by atoms with Gasteiger partial charge in [-0.3, -0.25) is 14.7 Å². The van der Waals surface area contributed by atoms with Crippen molar-refractivity contribution in [2.45, 2.75) is 4.90 Å². The Morgan fingerprint density at radius 1 is 1.08 bits per heavy atom. The van der Waals surface area contributed by atoms with E-state index >= 15 is 0 Å². The molecule has 0 saturated heterocycles. The molecular formula is C12H11N5NaO6S. The fraction of sp³-hybridized carbons (Fsp3) is 0. The van der Waals surface area contributed by atoms with E-state index in [1.54, 1.807) is 0 Å². The first-order valence-electron chi connectivity index (χ1n) is 6.15. The zero-order valence-electron chi connectivity index (χ0n) is 12.8. The molecule has 0 spiro atoms. The molecule has 2 rings (SSSR count). The summed E-state index contributed by atoms with van der Waals surface area (Å²) in [6.07, 6.45) is 0. The molecule has 0 fully saturated rings. The number of nitrogens with two attached hydrogens (primary N) is 2. The molecule has 127 valence electrons. The number of phenolic OH excluding ortho intramolecular Hbond substituents is 1. The Labute approximate surface area is 163 Å². The first-order valence-corrected chi connectivity index (χ1v) is 7.59. The number of hydrogen-bond donors (Lipinski definition) is 4. The number of hydrogen-bond acceptors (Lipinski definition) is 9. The smallest absolute Gasteiger partial charge is 0.314 e. The van der Waals surface area contributed by atoms with Gasteiger partial charge in [-0.15, -0.1) is 10.2 Å². The summed E-state index contributed by atoms with van der Waals surface area (Å²) in [7, 11) is -4.75. The van der Waals surface area contributed by atoms with Crippen molar-refractivity contribution < 1.29 is 23.0 Å². The topological polar surface area (TPSA) is 194 Å². The van der Waals surface area contributed by atoms with Gasteiger partial charge in [0, 0.05) is 41.3 Å². The maximum absolute atomic E-state index is 11.2. The van der Waals surface area contributed by atoms with Crippen LogP contribution in [0.25, 0.3) is 0 Å². The Morgan fingerprint density at radius 3 is 2.20 bits per heavy atom. The van der Waals surface area contributed by atoms with Crippen molar-refractivity contribution in [3.63, 3.8) is 0 Å². The van der Waals surface area contributed by atoms with Gasteiger partial charge in [0.15, 0.2) is 0 Å². The van der Waals surface area contributed by atoms with Crippen LogP contribution in [0.4, 0.5) is 28.4 Å². The third-order valence-corrected chi connectivity index (χ3v) is 3.69. The number of anilines is 2. The number of phenols is 1. The van der Waals surface area contributed by atoms with Gasteiger partial charge in [0.05, 0.1) is 10.6 Å². The van der Waals surface area contributed by atoms with Crippen LogP contribution in [0.2, 0.25) is 0 Å². The van der Waals surface area contributed by atoms with Crippen LogP contribution in [0.5, 0.6) is 5.75 Å². The summed E-state index contributed by atoms with van der Waals surface area (Å²) < 4.78 is 31.4. The second kappa shape index (κ2) is 7.76. The van der Waals surface area contributed by atoms with Crippen LogP contribution in [0, 0.1) is 10.1 Å². The van der Waals surface area contributed by atoms with Crippen molar-refractivity contribution in [2.24, 2.45) is 10.2 Å². The fourth-order valence-corrected chi connectivity index (χ4v) is 2.24. The van der Waals surface area contributed by atoms with Crippen molar-refractivity contribution in [1.29, 1.82) is 0 Å². The van der Waals surface area contributed by atoms with E-state index in [1.165, 1.54) is 18.2 Å². The third-order valence-electron chi connectivity index (χ3n) is 2.85. The first-order chi connectivity index (χ1) is 11.1. The van der Waals surface area contributed by atoms with Crippen molar-refractivity contribution >= 4 is 68.1 Å². The van der Waals surface area contributed by atoms with E-state index in [-0.39, 0.29) is 40.9 Å². The van der Waals surface area contributed by atoms with Crippen molar-refractivity contribution in [2.75, 3.05) is 11.5 Å². The predicted molar refractivity (Wildman–Crippen MR) is 89.8 cm³/mol. The molecule has 0 aromatic heterocycles. The maximum atomic E-state index is 11.2. The molecule has 11 nitrogen and oxygen atoms in total. The number of aromatic hydroxyl groups is 1. The Kier molecular flexibility index (Phi) is 6.45. The van der Waals surface area contributed by atoms with Gasteiger partial charge in [-0.25, -0.2) is 0 Å². The van der Waals surface area contributed by atoms with Gasteiger partial charge in [0.2, 0.25) is 5.75 Å². The molecule has 0 aliphatic heterocycles. The van der Waals surface area contributed by atoms with Gasteiger partial charge >= 0.3 is 5.69 Å². The monoisotopic (exact) mass is 376 g/mol. The first kappa shape index (κ1) is 20.8. The largest absolute Gasteiger partial charge is 0.501 e. The molecule has 1 radical (unpaired) electrons. The molecule has 13 heteroatoms. The van der Waals surface area contributed by atoms with E-state index in [1.807, 2.05) is 0 Å². The van der Waals surface area contributed by atoms with Crippen LogP contribution in [0.15, 0.2) is 45.5 Å². The molecule has 0 aliphatic carbocycles. The van der Waals surface area contributed by atoms with Crippen LogP contribution < -0.4 is 11.5 Å². The maximum Gasteiger partial charge on any atom is 0.314 e. The molecule has 0 amide bonds. The van der Waals surface area contributed by atoms with Gasteiger partial charge in [-0.05, 0) is 24.3 Å². The standard InChI is InChI=1S/C12H11N5O6S.Na/c13-6-1-2-9(8(14)3-6)15-16-10-4-7(24(21,22)23)5-11(12(10)18)17(19)20;/h1-5,18H,13-14H2,(H,21,22,23);. The van der Waals surface area contributed by atoms with Crippen molar-refractivity contribution in [1.82, 2.24) is 0 Å². The van der Waals surface area contributed by atoms with Crippen LogP contribution in [0.1, 0.15) is 0 Å². The summed E-state index contributed by atoms with van der Waals surface area (Å²) in [6.45, 7) is 0. The minimum atomic E-state index is -4.75. The normalized spacial score (nSPS) is 11.2. The molecule has 0 bridgehead atoms. The molecule has 0 heterocycles. The molecule has 25 heavy (non-hydrogen) atoms. The second-order valence-corrected chi connectivity index (χ2v) is 5.98. The number of nitrogens with zero attached hydrogens (tertiary/aromatic N) is 3. The van der Waals surface area contributed by atoms with Gasteiger partial charge in [-0.2, -0.15) is 8.42 Å². The minimum Gasteiger partial charge on any atom is -0.501 e. The Hall–Kier alpha value is -2.25. The van der Waals surface area contributed by atoms with Crippen LogP contribution in [-0.4, -0.2) is 52.6 Å². The Balaban J connectivity index is 0.00000312. The van der Waals surface area contributed by atoms with E-state index < -0.39 is 37.1 Å². The number of nitro benzene ring substituents is 1. The summed E-state index contributed by atoms with van der Waals surface area (Å²) in [5.74, 6) is -0.912. The van der Waals surface area contributed by atoms with Gasteiger partial charge in [0.1, 0.15) is 16.3 Å². The number of rotatable bonds is 4. The summed E-state index contributed by atoms with van der Waals surface area (Å²) in [6, 6.07) is 5.51. The Morgan fingerprint density at radius 2 is 1.68 bits per heavy atom. The average Bonchev–Trinajstić information content (AvgIpc) is 2.46. The average molecular weight is 376 g/mol. The molecule has 0 atom stereocenters. The van der Waals surface area contributed by atoms with E-state index in [0.29, 0.717) is 11.8 Å². The van der Waals surface area contributed by atoms with Crippen molar-refractivity contribution in [3.8, 4) is 5.75 Å². The predicted octanol–water partition coefficient (Wildman–Crippen LogP) is 1.75. The van der Waals surface area contributed by atoms with Gasteiger partial charge in [0.25, 0.3) is 10.1 Å². The molecule has 0 aliphatic rings. The zero-order chi connectivity index (χ0) is 18.1. The number of benzene rings is 2. The quantitative estimate of drug-likeness (QED) is 0.155. The molecule has 2 aromatic carbocycles. The summed E-state index contributed by atoms with van der Waals surface area (Å²) in [5, 5.41) is 27.9. The molecular weight excluding hydrogens is 365 g/mol. The fourth-order valence-electron chi connectivity index (χ4n) is 1.72. The molecule has 0 saturated carbocycles. The van der Waals surface area contributed by atoms with Gasteiger partial charge < -0.3 is 16.6 Å². The molecule has 2 aromatic rings. The SMILES string of the molecule is Nc1ccc(N=Nc2cc(S(=O)(=O)O)cc([N+](=O)[O-])c2O)c(N)c1.[Na]. The van der Waals surface area contributed by atoms with Gasteiger partial charge in [-0.1, -0.05) is 0 Å². The van der Waals surface area contributed by atoms with E-state index in [0.717, 1.165) is 6.07 Å². The number of azo groups is 1. The van der Waals surface area contributed by atoms with Crippen LogP contribution >= 0.6 is 0 Å². The summed E-state index contributed by atoms with van der Waals surface area (Å²) >= 11 is 0. The van der Waals surface area contributed by atoms with E-state index in [9.17, 15) is 23.6 Å². The molecule has 6 N–H and O–H groups in total. The zero-order valence-corrected chi connectivity index (χ0v) is 15.6. The second-order valence-electron chi connectivity index (χ2n) is 4.56. The van der Waals surface area contributed by atoms with Crippen molar-refractivity contribution in [3.05, 3.63) is 40.4 Å².